The molecule has 6 heteroatoms. The number of hydrogen-bond donors (Lipinski definition) is 2. The summed E-state index contributed by atoms with van der Waals surface area (Å²) < 4.78 is 10.1. The lowest BCUT2D eigenvalue weighted by molar-refractivity contribution is -0.139. The van der Waals surface area contributed by atoms with Gasteiger partial charge < -0.3 is 19.9 Å². The predicted octanol–water partition coefficient (Wildman–Crippen LogP) is 2.85. The van der Waals surface area contributed by atoms with E-state index in [0.717, 1.165) is 5.56 Å². The van der Waals surface area contributed by atoms with Crippen LogP contribution in [0.5, 0.6) is 5.75 Å². The molecule has 1 aromatic carbocycles. The zero-order valence-corrected chi connectivity index (χ0v) is 12.7. The summed E-state index contributed by atoms with van der Waals surface area (Å²) in [5.74, 6) is -0.428. The van der Waals surface area contributed by atoms with E-state index in [-0.39, 0.29) is 13.8 Å². The molecule has 0 radical (unpaired) electrons. The molecular formula is C16H25NO5. The molecule has 0 bridgehead atoms. The SMILES string of the molecule is C.COc1ccc(CC(NC(=O)OC(C)(C)C)C(=O)O)cc1. The van der Waals surface area contributed by atoms with E-state index in [9.17, 15) is 14.7 Å². The fourth-order valence-corrected chi connectivity index (χ4v) is 1.65. The van der Waals surface area contributed by atoms with Gasteiger partial charge in [-0.3, -0.25) is 0 Å². The van der Waals surface area contributed by atoms with E-state index in [1.807, 2.05) is 0 Å². The van der Waals surface area contributed by atoms with Gasteiger partial charge in [0.25, 0.3) is 0 Å². The number of carbonyl (C=O) groups is 2. The summed E-state index contributed by atoms with van der Waals surface area (Å²) in [6.45, 7) is 5.14. The molecule has 124 valence electrons. The van der Waals surface area contributed by atoms with Crippen molar-refractivity contribution in [1.82, 2.24) is 5.32 Å². The summed E-state index contributed by atoms with van der Waals surface area (Å²) >= 11 is 0. The largest absolute Gasteiger partial charge is 0.497 e. The van der Waals surface area contributed by atoms with E-state index in [4.69, 9.17) is 9.47 Å². The average Bonchev–Trinajstić information content (AvgIpc) is 2.36. The minimum Gasteiger partial charge on any atom is -0.497 e. The van der Waals surface area contributed by atoms with Crippen LogP contribution in [0.2, 0.25) is 0 Å². The van der Waals surface area contributed by atoms with E-state index < -0.39 is 23.7 Å². The summed E-state index contributed by atoms with van der Waals surface area (Å²) in [5, 5.41) is 11.5. The third-order valence-corrected chi connectivity index (χ3v) is 2.59. The molecular weight excluding hydrogens is 286 g/mol. The minimum atomic E-state index is -1.11. The van der Waals surface area contributed by atoms with Crippen LogP contribution < -0.4 is 10.1 Å². The van der Waals surface area contributed by atoms with Crippen LogP contribution >= 0.6 is 0 Å². The van der Waals surface area contributed by atoms with Gasteiger partial charge in [-0.15, -0.1) is 0 Å². The van der Waals surface area contributed by atoms with Crippen LogP contribution in [0.25, 0.3) is 0 Å². The molecule has 6 nitrogen and oxygen atoms in total. The molecule has 1 rings (SSSR count). The number of amides is 1. The molecule has 0 saturated heterocycles. The Labute approximate surface area is 131 Å². The van der Waals surface area contributed by atoms with Gasteiger partial charge in [0.05, 0.1) is 7.11 Å². The van der Waals surface area contributed by atoms with Crippen molar-refractivity contribution < 1.29 is 24.2 Å². The second-order valence-electron chi connectivity index (χ2n) is 5.59. The number of carboxylic acid groups (broad SMARTS) is 1. The van der Waals surface area contributed by atoms with E-state index >= 15 is 0 Å². The van der Waals surface area contributed by atoms with Crippen molar-refractivity contribution in [3.63, 3.8) is 0 Å². The summed E-state index contributed by atoms with van der Waals surface area (Å²) in [5.41, 5.74) is 0.104. The Morgan fingerprint density at radius 1 is 1.23 bits per heavy atom. The van der Waals surface area contributed by atoms with Gasteiger partial charge in [-0.2, -0.15) is 0 Å². The van der Waals surface area contributed by atoms with Gasteiger partial charge in [-0.05, 0) is 38.5 Å². The van der Waals surface area contributed by atoms with Gasteiger partial charge in [0, 0.05) is 6.42 Å². The number of benzene rings is 1. The molecule has 1 unspecified atom stereocenters. The van der Waals surface area contributed by atoms with Gasteiger partial charge in [0.2, 0.25) is 0 Å². The van der Waals surface area contributed by atoms with Crippen molar-refractivity contribution in [2.45, 2.75) is 46.3 Å². The molecule has 0 saturated carbocycles. The minimum absolute atomic E-state index is 0. The van der Waals surface area contributed by atoms with Gasteiger partial charge in [0.15, 0.2) is 0 Å². The number of aliphatic carboxylic acids is 1. The van der Waals surface area contributed by atoms with Crippen LogP contribution in [0, 0.1) is 0 Å². The number of rotatable bonds is 5. The summed E-state index contributed by atoms with van der Waals surface area (Å²) in [4.78, 5) is 22.9. The highest BCUT2D eigenvalue weighted by Crippen LogP contribution is 2.13. The van der Waals surface area contributed by atoms with Crippen LogP contribution in [0.15, 0.2) is 24.3 Å². The molecule has 1 amide bonds. The maximum atomic E-state index is 11.6. The Bertz CT molecular complexity index is 490. The first kappa shape index (κ1) is 19.8. The van der Waals surface area contributed by atoms with Gasteiger partial charge in [-0.1, -0.05) is 19.6 Å². The van der Waals surface area contributed by atoms with Crippen LogP contribution in [0.3, 0.4) is 0 Å². The van der Waals surface area contributed by atoms with Gasteiger partial charge >= 0.3 is 12.1 Å². The van der Waals surface area contributed by atoms with E-state index in [2.05, 4.69) is 5.32 Å². The smallest absolute Gasteiger partial charge is 0.408 e. The Kier molecular flexibility index (Phi) is 7.42. The lowest BCUT2D eigenvalue weighted by atomic mass is 10.1. The molecule has 2 N–H and O–H groups in total. The number of carbonyl (C=O) groups excluding carboxylic acids is 1. The topological polar surface area (TPSA) is 84.9 Å². The highest BCUT2D eigenvalue weighted by Gasteiger charge is 2.24. The number of nitrogens with one attached hydrogen (secondary N) is 1. The lowest BCUT2D eigenvalue weighted by Gasteiger charge is -2.22. The van der Waals surface area contributed by atoms with Crippen molar-refractivity contribution in [1.29, 1.82) is 0 Å². The van der Waals surface area contributed by atoms with Crippen molar-refractivity contribution in [3.8, 4) is 5.75 Å². The standard InChI is InChI=1S/C15H21NO5.CH4/c1-15(2,3)21-14(19)16-12(13(17)18)9-10-5-7-11(20-4)8-6-10;/h5-8,12H,9H2,1-4H3,(H,16,19)(H,17,18);1H4. The normalized spacial score (nSPS) is 11.8. The highest BCUT2D eigenvalue weighted by atomic mass is 16.6. The summed E-state index contributed by atoms with van der Waals surface area (Å²) in [7, 11) is 1.55. The van der Waals surface area contributed by atoms with Crippen LogP contribution in [-0.4, -0.2) is 35.9 Å². The van der Waals surface area contributed by atoms with Crippen LogP contribution in [0.1, 0.15) is 33.8 Å². The average molecular weight is 311 g/mol. The molecule has 0 heterocycles. The molecule has 0 aliphatic rings. The highest BCUT2D eigenvalue weighted by molar-refractivity contribution is 5.80. The third-order valence-electron chi connectivity index (χ3n) is 2.59. The fourth-order valence-electron chi connectivity index (χ4n) is 1.65. The van der Waals surface area contributed by atoms with Crippen LogP contribution in [-0.2, 0) is 16.0 Å². The number of hydrogen-bond acceptors (Lipinski definition) is 4. The molecule has 0 aliphatic heterocycles. The molecule has 0 spiro atoms. The zero-order chi connectivity index (χ0) is 16.0. The molecule has 1 aromatic rings. The van der Waals surface area contributed by atoms with E-state index in [0.29, 0.717) is 5.75 Å². The number of methoxy groups -OCH3 is 1. The van der Waals surface area contributed by atoms with Crippen molar-refractivity contribution in [2.75, 3.05) is 7.11 Å². The summed E-state index contributed by atoms with van der Waals surface area (Å²) in [6.07, 6.45) is -0.582. The first-order valence-electron chi connectivity index (χ1n) is 6.56. The van der Waals surface area contributed by atoms with Gasteiger partial charge in [0.1, 0.15) is 17.4 Å². The van der Waals surface area contributed by atoms with E-state index in [1.54, 1.807) is 52.1 Å². The lowest BCUT2D eigenvalue weighted by Crippen LogP contribution is -2.44. The monoisotopic (exact) mass is 311 g/mol. The second-order valence-corrected chi connectivity index (χ2v) is 5.59. The molecule has 0 aromatic heterocycles. The van der Waals surface area contributed by atoms with Crippen LogP contribution in [0.4, 0.5) is 4.79 Å². The predicted molar refractivity (Wildman–Crippen MR) is 84.2 cm³/mol. The quantitative estimate of drug-likeness (QED) is 0.873. The summed E-state index contributed by atoms with van der Waals surface area (Å²) in [6, 6.07) is 5.94. The Morgan fingerprint density at radius 2 is 1.77 bits per heavy atom. The molecule has 0 aliphatic carbocycles. The van der Waals surface area contributed by atoms with E-state index in [1.165, 1.54) is 0 Å². The maximum Gasteiger partial charge on any atom is 0.408 e. The molecule has 22 heavy (non-hydrogen) atoms. The van der Waals surface area contributed by atoms with Crippen molar-refractivity contribution in [2.24, 2.45) is 0 Å². The molecule has 1 atom stereocenters. The Hall–Kier alpha value is -2.24. The number of carboxylic acids is 1. The molecule has 0 fully saturated rings. The van der Waals surface area contributed by atoms with Crippen molar-refractivity contribution >= 4 is 12.1 Å². The number of alkyl carbamates (subject to hydrolysis) is 1. The second kappa shape index (κ2) is 8.26. The zero-order valence-electron chi connectivity index (χ0n) is 12.7. The Balaban J connectivity index is 0.00000441. The van der Waals surface area contributed by atoms with Gasteiger partial charge in [-0.25, -0.2) is 9.59 Å². The fraction of sp³-hybridized carbons (Fsp3) is 0.500. The Morgan fingerprint density at radius 3 is 2.18 bits per heavy atom. The third kappa shape index (κ3) is 6.97. The first-order chi connectivity index (χ1) is 9.71. The first-order valence-corrected chi connectivity index (χ1v) is 6.56. The van der Waals surface area contributed by atoms with Crippen molar-refractivity contribution in [3.05, 3.63) is 29.8 Å². The number of ether oxygens (including phenoxy) is 2. The maximum absolute atomic E-state index is 11.6.